The molecule has 2 N–H and O–H groups in total. The first-order chi connectivity index (χ1) is 7.83. The van der Waals surface area contributed by atoms with Gasteiger partial charge in [-0.3, -0.25) is 0 Å². The molecule has 1 saturated heterocycles. The van der Waals surface area contributed by atoms with Gasteiger partial charge in [-0.1, -0.05) is 0 Å². The Morgan fingerprint density at radius 3 is 3.06 bits per heavy atom. The molecule has 1 aromatic rings. The Morgan fingerprint density at radius 2 is 2.31 bits per heavy atom. The molecule has 2 rings (SSSR count). The van der Waals surface area contributed by atoms with Crippen LogP contribution < -0.4 is 15.4 Å². The van der Waals surface area contributed by atoms with Crippen LogP contribution in [0.2, 0.25) is 0 Å². The lowest BCUT2D eigenvalue weighted by Gasteiger charge is -2.19. The first-order valence-corrected chi connectivity index (χ1v) is 5.33. The molecule has 16 heavy (non-hydrogen) atoms. The third-order valence-corrected chi connectivity index (χ3v) is 2.76. The fourth-order valence-corrected chi connectivity index (χ4v) is 1.87. The Bertz CT molecular complexity index is 346. The Labute approximate surface area is 95.2 Å². The van der Waals surface area contributed by atoms with Crippen molar-refractivity contribution in [3.05, 3.63) is 18.3 Å². The van der Waals surface area contributed by atoms with Crippen LogP contribution in [0.5, 0.6) is 5.88 Å². The van der Waals surface area contributed by atoms with Crippen LogP contribution in [0.3, 0.4) is 0 Å². The number of ether oxygens (including phenoxy) is 2. The third kappa shape index (κ3) is 2.43. The highest BCUT2D eigenvalue weighted by atomic mass is 16.5. The topological polar surface area (TPSA) is 55.4 Å². The number of rotatable bonds is 4. The van der Waals surface area contributed by atoms with Crippen molar-refractivity contribution in [1.29, 1.82) is 0 Å². The van der Waals surface area contributed by atoms with Gasteiger partial charge in [-0.25, -0.2) is 4.98 Å². The molecule has 0 amide bonds. The molecule has 1 aliphatic rings. The summed E-state index contributed by atoms with van der Waals surface area (Å²) in [5.41, 5.74) is 1.00. The normalized spacial score (nSPS) is 24.4. The number of nitrogens with zero attached hydrogens (tertiary/aromatic N) is 1. The molecule has 0 aliphatic carbocycles. The van der Waals surface area contributed by atoms with Gasteiger partial charge in [0.05, 0.1) is 19.3 Å². The van der Waals surface area contributed by atoms with Crippen LogP contribution in [0.15, 0.2) is 18.3 Å². The third-order valence-electron chi connectivity index (χ3n) is 2.76. The summed E-state index contributed by atoms with van der Waals surface area (Å²) in [4.78, 5) is 4.06. The second-order valence-electron chi connectivity index (χ2n) is 3.77. The number of hydrogen-bond donors (Lipinski definition) is 2. The molecule has 1 aliphatic heterocycles. The van der Waals surface area contributed by atoms with Crippen molar-refractivity contribution in [2.24, 2.45) is 0 Å². The van der Waals surface area contributed by atoms with Crippen molar-refractivity contribution in [1.82, 2.24) is 10.3 Å². The molecular formula is C11H17N3O2. The van der Waals surface area contributed by atoms with E-state index in [4.69, 9.17) is 9.47 Å². The molecule has 0 aromatic carbocycles. The van der Waals surface area contributed by atoms with E-state index in [-0.39, 0.29) is 12.1 Å². The minimum Gasteiger partial charge on any atom is -0.481 e. The van der Waals surface area contributed by atoms with Gasteiger partial charge in [-0.15, -0.1) is 0 Å². The van der Waals surface area contributed by atoms with Gasteiger partial charge in [-0.05, 0) is 6.07 Å². The average molecular weight is 223 g/mol. The molecule has 1 fully saturated rings. The van der Waals surface area contributed by atoms with Crippen LogP contribution in [-0.2, 0) is 4.74 Å². The molecule has 0 bridgehead atoms. The molecule has 5 nitrogen and oxygen atoms in total. The summed E-state index contributed by atoms with van der Waals surface area (Å²) in [6, 6.07) is 4.09. The Hall–Kier alpha value is -1.33. The molecule has 2 heterocycles. The van der Waals surface area contributed by atoms with Gasteiger partial charge >= 0.3 is 0 Å². The minimum atomic E-state index is 0.208. The maximum absolute atomic E-state index is 5.38. The number of nitrogens with one attached hydrogen (secondary N) is 2. The lowest BCUT2D eigenvalue weighted by atomic mass is 10.2. The molecule has 1 aromatic heterocycles. The van der Waals surface area contributed by atoms with Crippen LogP contribution in [0.4, 0.5) is 5.69 Å². The molecule has 0 radical (unpaired) electrons. The van der Waals surface area contributed by atoms with Crippen LogP contribution in [0.1, 0.15) is 0 Å². The minimum absolute atomic E-state index is 0.208. The van der Waals surface area contributed by atoms with E-state index in [1.54, 1.807) is 20.4 Å². The summed E-state index contributed by atoms with van der Waals surface area (Å²) in [7, 11) is 3.35. The fraction of sp³-hybridized carbons (Fsp3) is 0.545. The van der Waals surface area contributed by atoms with Crippen LogP contribution in [-0.4, -0.2) is 44.4 Å². The van der Waals surface area contributed by atoms with Crippen molar-refractivity contribution in [3.63, 3.8) is 0 Å². The van der Waals surface area contributed by atoms with Gasteiger partial charge < -0.3 is 20.1 Å². The summed E-state index contributed by atoms with van der Waals surface area (Å²) in [5, 5.41) is 6.70. The zero-order chi connectivity index (χ0) is 11.4. The van der Waals surface area contributed by atoms with Gasteiger partial charge in [0.2, 0.25) is 5.88 Å². The lowest BCUT2D eigenvalue weighted by molar-refractivity contribution is 0.111. The SMILES string of the molecule is COc1cc(NC2CNC[C@@H]2OC)ccn1. The number of anilines is 1. The van der Waals surface area contributed by atoms with E-state index in [2.05, 4.69) is 15.6 Å². The maximum atomic E-state index is 5.38. The van der Waals surface area contributed by atoms with E-state index < -0.39 is 0 Å². The van der Waals surface area contributed by atoms with Gasteiger partial charge in [0.1, 0.15) is 0 Å². The van der Waals surface area contributed by atoms with Crippen LogP contribution >= 0.6 is 0 Å². The Kier molecular flexibility index (Phi) is 3.58. The zero-order valence-electron chi connectivity index (χ0n) is 9.56. The second-order valence-corrected chi connectivity index (χ2v) is 3.77. The van der Waals surface area contributed by atoms with Crippen LogP contribution in [0, 0.1) is 0 Å². The summed E-state index contributed by atoms with van der Waals surface area (Å²) in [6.45, 7) is 1.79. The highest BCUT2D eigenvalue weighted by Gasteiger charge is 2.26. The molecule has 88 valence electrons. The summed E-state index contributed by atoms with van der Waals surface area (Å²) in [5.74, 6) is 0.616. The molecule has 5 heteroatoms. The highest BCUT2D eigenvalue weighted by Crippen LogP contribution is 2.17. The van der Waals surface area contributed by atoms with Crippen molar-refractivity contribution in [2.45, 2.75) is 12.1 Å². The van der Waals surface area contributed by atoms with E-state index in [0.29, 0.717) is 5.88 Å². The number of pyridine rings is 1. The number of methoxy groups -OCH3 is 2. The van der Waals surface area contributed by atoms with E-state index in [9.17, 15) is 0 Å². The largest absolute Gasteiger partial charge is 0.481 e. The van der Waals surface area contributed by atoms with E-state index in [0.717, 1.165) is 18.8 Å². The van der Waals surface area contributed by atoms with Crippen molar-refractivity contribution in [2.75, 3.05) is 32.6 Å². The van der Waals surface area contributed by atoms with E-state index in [1.807, 2.05) is 12.1 Å². The molecule has 0 saturated carbocycles. The lowest BCUT2D eigenvalue weighted by Crippen LogP contribution is -2.33. The predicted octanol–water partition coefficient (Wildman–Crippen LogP) is 0.489. The maximum Gasteiger partial charge on any atom is 0.214 e. The molecule has 0 spiro atoms. The molecule has 2 atom stereocenters. The Morgan fingerprint density at radius 1 is 1.44 bits per heavy atom. The smallest absolute Gasteiger partial charge is 0.214 e. The molecule has 1 unspecified atom stereocenters. The predicted molar refractivity (Wildman–Crippen MR) is 61.9 cm³/mol. The van der Waals surface area contributed by atoms with Crippen molar-refractivity contribution < 1.29 is 9.47 Å². The van der Waals surface area contributed by atoms with Gasteiger partial charge in [0, 0.05) is 38.1 Å². The average Bonchev–Trinajstić information content (AvgIpc) is 2.76. The molecular weight excluding hydrogens is 206 g/mol. The second kappa shape index (κ2) is 5.14. The highest BCUT2D eigenvalue weighted by molar-refractivity contribution is 5.46. The number of hydrogen-bond acceptors (Lipinski definition) is 5. The summed E-state index contributed by atoms with van der Waals surface area (Å²) >= 11 is 0. The first-order valence-electron chi connectivity index (χ1n) is 5.33. The van der Waals surface area contributed by atoms with E-state index >= 15 is 0 Å². The number of aromatic nitrogens is 1. The van der Waals surface area contributed by atoms with Gasteiger partial charge in [0.15, 0.2) is 0 Å². The van der Waals surface area contributed by atoms with Crippen LogP contribution in [0.25, 0.3) is 0 Å². The van der Waals surface area contributed by atoms with Gasteiger partial charge in [-0.2, -0.15) is 0 Å². The summed E-state index contributed by atoms with van der Waals surface area (Å²) in [6.07, 6.45) is 1.94. The van der Waals surface area contributed by atoms with Crippen molar-refractivity contribution in [3.8, 4) is 5.88 Å². The standard InChI is InChI=1S/C11H17N3O2/c1-15-10-7-12-6-9(10)14-8-3-4-13-11(5-8)16-2/h3-5,9-10,12H,6-7H2,1-2H3,(H,13,14)/t9?,10-/m0/s1. The van der Waals surface area contributed by atoms with E-state index in [1.165, 1.54) is 0 Å². The zero-order valence-corrected chi connectivity index (χ0v) is 9.56. The van der Waals surface area contributed by atoms with Gasteiger partial charge in [0.25, 0.3) is 0 Å². The summed E-state index contributed by atoms with van der Waals surface area (Å²) < 4.78 is 10.5. The fourth-order valence-electron chi connectivity index (χ4n) is 1.87. The quantitative estimate of drug-likeness (QED) is 0.778. The first kappa shape index (κ1) is 11.2. The monoisotopic (exact) mass is 223 g/mol. The van der Waals surface area contributed by atoms with Crippen molar-refractivity contribution >= 4 is 5.69 Å². The Balaban J connectivity index is 2.02.